The molecule has 6 heteroatoms. The van der Waals surface area contributed by atoms with E-state index in [2.05, 4.69) is 6.92 Å². The van der Waals surface area contributed by atoms with Crippen molar-refractivity contribution in [3.05, 3.63) is 65.7 Å². The minimum atomic E-state index is -3.28. The van der Waals surface area contributed by atoms with E-state index in [0.717, 1.165) is 16.2 Å². The number of benzene rings is 2. The largest absolute Gasteiger partial charge is 0.338 e. The molecule has 3 rings (SSSR count). The van der Waals surface area contributed by atoms with E-state index in [-0.39, 0.29) is 18.2 Å². The van der Waals surface area contributed by atoms with Gasteiger partial charge in [-0.25, -0.2) is 8.42 Å². The van der Waals surface area contributed by atoms with Gasteiger partial charge in [-0.2, -0.15) is 0 Å². The maximum Gasteiger partial charge on any atom is 0.255 e. The predicted molar refractivity (Wildman–Crippen MR) is 106 cm³/mol. The van der Waals surface area contributed by atoms with E-state index >= 15 is 0 Å². The molecule has 1 amide bonds. The van der Waals surface area contributed by atoms with E-state index in [4.69, 9.17) is 0 Å². The van der Waals surface area contributed by atoms with E-state index in [1.54, 1.807) is 16.7 Å². The fraction of sp³-hybridized carbons (Fsp3) is 0.350. The second-order valence-electron chi connectivity index (χ2n) is 6.28. The lowest BCUT2D eigenvalue weighted by molar-refractivity contribution is 0.0763. The average Bonchev–Trinajstić information content (AvgIpc) is 2.81. The van der Waals surface area contributed by atoms with Crippen molar-refractivity contribution < 1.29 is 13.2 Å². The van der Waals surface area contributed by atoms with Crippen LogP contribution in [0, 0.1) is 0 Å². The molecule has 0 radical (unpaired) electrons. The molecule has 1 heterocycles. The van der Waals surface area contributed by atoms with Crippen LogP contribution in [-0.2, 0) is 9.84 Å². The molecule has 0 aromatic heterocycles. The summed E-state index contributed by atoms with van der Waals surface area (Å²) >= 11 is 1.63. The summed E-state index contributed by atoms with van der Waals surface area (Å²) in [5.41, 5.74) is 1.47. The van der Waals surface area contributed by atoms with E-state index in [1.165, 1.54) is 0 Å². The Morgan fingerprint density at radius 2 is 1.77 bits per heavy atom. The van der Waals surface area contributed by atoms with Crippen LogP contribution >= 0.6 is 11.8 Å². The maximum atomic E-state index is 13.0. The molecule has 2 aromatic carbocycles. The zero-order valence-electron chi connectivity index (χ0n) is 14.8. The minimum absolute atomic E-state index is 0.00138. The first-order valence-corrected chi connectivity index (χ1v) is 11.5. The van der Waals surface area contributed by atoms with Gasteiger partial charge in [0.25, 0.3) is 5.91 Å². The lowest BCUT2D eigenvalue weighted by atomic mass is 10.1. The monoisotopic (exact) mass is 389 g/mol. The molecule has 0 N–H and O–H groups in total. The third-order valence-electron chi connectivity index (χ3n) is 4.62. The van der Waals surface area contributed by atoms with Crippen molar-refractivity contribution in [3.8, 4) is 0 Å². The molecule has 2 aromatic rings. The fourth-order valence-electron chi connectivity index (χ4n) is 3.28. The summed E-state index contributed by atoms with van der Waals surface area (Å²) in [6, 6.07) is 16.9. The van der Waals surface area contributed by atoms with Crippen molar-refractivity contribution in [3.63, 3.8) is 0 Å². The Bertz CT molecular complexity index is 866. The summed E-state index contributed by atoms with van der Waals surface area (Å²) in [6.07, 6.45) is 0.432. The quantitative estimate of drug-likeness (QED) is 0.747. The summed E-state index contributed by atoms with van der Waals surface area (Å²) in [6.45, 7) is 2.74. The molecule has 0 aliphatic carbocycles. The molecule has 0 spiro atoms. The van der Waals surface area contributed by atoms with Crippen LogP contribution in [0.3, 0.4) is 0 Å². The highest BCUT2D eigenvalue weighted by atomic mass is 32.2. The molecule has 0 saturated carbocycles. The van der Waals surface area contributed by atoms with Gasteiger partial charge in [0, 0.05) is 18.0 Å². The highest BCUT2D eigenvalue weighted by Gasteiger charge is 2.33. The highest BCUT2D eigenvalue weighted by molar-refractivity contribution is 7.99. The summed E-state index contributed by atoms with van der Waals surface area (Å²) in [5.74, 6) is 0.807. The zero-order valence-corrected chi connectivity index (χ0v) is 16.4. The molecule has 1 fully saturated rings. The molecule has 1 aliphatic rings. The number of thioether (sulfide) groups is 1. The Morgan fingerprint density at radius 3 is 2.50 bits per heavy atom. The van der Waals surface area contributed by atoms with Gasteiger partial charge in [-0.1, -0.05) is 49.4 Å². The van der Waals surface area contributed by atoms with Crippen LogP contribution < -0.4 is 0 Å². The van der Waals surface area contributed by atoms with Gasteiger partial charge in [-0.15, -0.1) is 11.8 Å². The summed E-state index contributed by atoms with van der Waals surface area (Å²) in [5, 5.41) is -0.540. The Labute approximate surface area is 159 Å². The number of hydrogen-bond donors (Lipinski definition) is 0. The van der Waals surface area contributed by atoms with Crippen LogP contribution in [0.4, 0.5) is 0 Å². The average molecular weight is 390 g/mol. The van der Waals surface area contributed by atoms with E-state index in [0.29, 0.717) is 18.5 Å². The second kappa shape index (κ2) is 8.27. The summed E-state index contributed by atoms with van der Waals surface area (Å²) in [4.78, 5) is 15.7. The van der Waals surface area contributed by atoms with E-state index < -0.39 is 15.1 Å². The van der Waals surface area contributed by atoms with Gasteiger partial charge in [0.05, 0.1) is 16.6 Å². The predicted octanol–water partition coefficient (Wildman–Crippen LogP) is 3.80. The maximum absolute atomic E-state index is 13.0. The normalized spacial score (nSPS) is 19.7. The van der Waals surface area contributed by atoms with Crippen LogP contribution in [-0.4, -0.2) is 43.8 Å². The van der Waals surface area contributed by atoms with Gasteiger partial charge in [0.2, 0.25) is 0 Å². The van der Waals surface area contributed by atoms with Gasteiger partial charge in [0.15, 0.2) is 9.84 Å². The molecule has 0 bridgehead atoms. The number of carbonyl (C=O) groups is 1. The number of rotatable bonds is 4. The number of carbonyl (C=O) groups excluding carboxylic acids is 1. The van der Waals surface area contributed by atoms with Crippen LogP contribution in [0.2, 0.25) is 0 Å². The number of sulfone groups is 1. The van der Waals surface area contributed by atoms with Gasteiger partial charge >= 0.3 is 0 Å². The Hall–Kier alpha value is -1.79. The smallest absolute Gasteiger partial charge is 0.255 e. The Kier molecular flexibility index (Phi) is 6.04. The summed E-state index contributed by atoms with van der Waals surface area (Å²) in [7, 11) is -3.28. The van der Waals surface area contributed by atoms with Gasteiger partial charge in [-0.05, 0) is 29.9 Å². The fourth-order valence-corrected chi connectivity index (χ4v) is 5.88. The molecule has 1 saturated heterocycles. The van der Waals surface area contributed by atoms with Crippen LogP contribution in [0.5, 0.6) is 0 Å². The van der Waals surface area contributed by atoms with Gasteiger partial charge in [-0.3, -0.25) is 4.79 Å². The zero-order chi connectivity index (χ0) is 18.6. The number of amides is 1. The molecular weight excluding hydrogens is 366 g/mol. The SMILES string of the molecule is CCSc1ccccc1C(=O)N1CC[C@@H](c2ccccc2)S(=O)(=O)CC1. The molecule has 1 atom stereocenters. The van der Waals surface area contributed by atoms with Crippen molar-refractivity contribution in [1.29, 1.82) is 0 Å². The Morgan fingerprint density at radius 1 is 1.08 bits per heavy atom. The molecule has 26 heavy (non-hydrogen) atoms. The number of nitrogens with zero attached hydrogens (tertiary/aromatic N) is 1. The highest BCUT2D eigenvalue weighted by Crippen LogP contribution is 2.30. The van der Waals surface area contributed by atoms with Crippen molar-refractivity contribution in [2.24, 2.45) is 0 Å². The van der Waals surface area contributed by atoms with Crippen LogP contribution in [0.1, 0.15) is 34.5 Å². The molecule has 1 aliphatic heterocycles. The van der Waals surface area contributed by atoms with Crippen molar-refractivity contribution in [1.82, 2.24) is 4.90 Å². The first kappa shape index (κ1) is 19.0. The lowest BCUT2D eigenvalue weighted by Crippen LogP contribution is -2.33. The third kappa shape index (κ3) is 4.13. The first-order chi connectivity index (χ1) is 12.5. The Balaban J connectivity index is 1.83. The van der Waals surface area contributed by atoms with Crippen molar-refractivity contribution in [2.45, 2.75) is 23.5 Å². The molecular formula is C20H23NO3S2. The first-order valence-electron chi connectivity index (χ1n) is 8.80. The van der Waals surface area contributed by atoms with E-state index in [9.17, 15) is 13.2 Å². The standard InChI is InChI=1S/C20H23NO3S2/c1-2-25-18-11-7-6-10-17(18)20(22)21-13-12-19(26(23,24)15-14-21)16-8-4-3-5-9-16/h3-11,19H,2,12-15H2,1H3/t19-/m0/s1. The van der Waals surface area contributed by atoms with Crippen molar-refractivity contribution >= 4 is 27.5 Å². The second-order valence-corrected chi connectivity index (χ2v) is 9.89. The molecule has 138 valence electrons. The van der Waals surface area contributed by atoms with Gasteiger partial charge in [0.1, 0.15) is 0 Å². The van der Waals surface area contributed by atoms with E-state index in [1.807, 2.05) is 54.6 Å². The lowest BCUT2D eigenvalue weighted by Gasteiger charge is -2.21. The van der Waals surface area contributed by atoms with Crippen molar-refractivity contribution in [2.75, 3.05) is 24.6 Å². The van der Waals surface area contributed by atoms with Crippen LogP contribution in [0.25, 0.3) is 0 Å². The van der Waals surface area contributed by atoms with Crippen LogP contribution in [0.15, 0.2) is 59.5 Å². The number of hydrogen-bond acceptors (Lipinski definition) is 4. The minimum Gasteiger partial charge on any atom is -0.338 e. The van der Waals surface area contributed by atoms with Gasteiger partial charge < -0.3 is 4.90 Å². The molecule has 0 unspecified atom stereocenters. The molecule has 4 nitrogen and oxygen atoms in total. The third-order valence-corrected chi connectivity index (χ3v) is 7.70. The topological polar surface area (TPSA) is 54.5 Å². The summed E-state index contributed by atoms with van der Waals surface area (Å²) < 4.78 is 25.5.